The number of benzene rings is 2. The Bertz CT molecular complexity index is 892. The largest absolute Gasteiger partial charge is 0.472 e. The average Bonchev–Trinajstić information content (AvgIpc) is 3.26. The lowest BCUT2D eigenvalue weighted by molar-refractivity contribution is 0.0984. The normalized spacial score (nSPS) is 15.9. The average molecular weight is 374 g/mol. The minimum absolute atomic E-state index is 0.0351. The minimum atomic E-state index is -0.0988. The molecule has 1 atom stereocenters. The number of anilines is 1. The van der Waals surface area contributed by atoms with E-state index in [1.165, 1.54) is 0 Å². The highest BCUT2D eigenvalue weighted by molar-refractivity contribution is 6.05. The van der Waals surface area contributed by atoms with Crippen LogP contribution in [0.15, 0.2) is 79.0 Å². The second kappa shape index (κ2) is 8.67. The van der Waals surface area contributed by atoms with Gasteiger partial charge in [0.1, 0.15) is 6.10 Å². The monoisotopic (exact) mass is 374 g/mol. The van der Waals surface area contributed by atoms with Crippen molar-refractivity contribution >= 4 is 11.6 Å². The number of pyridine rings is 1. The lowest BCUT2D eigenvalue weighted by atomic mass is 10.1. The fourth-order valence-corrected chi connectivity index (χ4v) is 3.16. The first-order valence-electron chi connectivity index (χ1n) is 9.41. The molecule has 0 radical (unpaired) electrons. The van der Waals surface area contributed by atoms with Crippen molar-refractivity contribution in [2.45, 2.75) is 19.1 Å². The van der Waals surface area contributed by atoms with Gasteiger partial charge in [-0.15, -0.1) is 0 Å². The van der Waals surface area contributed by atoms with E-state index in [-0.39, 0.29) is 12.0 Å². The molecule has 0 aliphatic carbocycles. The van der Waals surface area contributed by atoms with E-state index in [1.54, 1.807) is 23.2 Å². The standard InChI is InChI=1S/C23H22N2O3/c26-23(19-11-12-22(24-15-19)28-21-13-14-27-17-21)25(20-9-5-2-6-10-20)16-18-7-3-1-4-8-18/h1-12,15,21H,13-14,16-17H2. The number of hydrogen-bond donors (Lipinski definition) is 0. The first-order valence-corrected chi connectivity index (χ1v) is 9.41. The summed E-state index contributed by atoms with van der Waals surface area (Å²) in [6.07, 6.45) is 2.48. The van der Waals surface area contributed by atoms with E-state index < -0.39 is 0 Å². The van der Waals surface area contributed by atoms with Crippen molar-refractivity contribution in [1.29, 1.82) is 0 Å². The molecule has 1 fully saturated rings. The number of amides is 1. The number of rotatable bonds is 6. The van der Waals surface area contributed by atoms with Crippen LogP contribution in [0.25, 0.3) is 0 Å². The summed E-state index contributed by atoms with van der Waals surface area (Å²) in [7, 11) is 0. The highest BCUT2D eigenvalue weighted by Gasteiger charge is 2.20. The molecule has 1 aliphatic rings. The first-order chi connectivity index (χ1) is 13.8. The zero-order chi connectivity index (χ0) is 19.2. The number of aromatic nitrogens is 1. The summed E-state index contributed by atoms with van der Waals surface area (Å²) < 4.78 is 11.1. The van der Waals surface area contributed by atoms with Crippen LogP contribution in [-0.2, 0) is 11.3 Å². The predicted molar refractivity (Wildman–Crippen MR) is 107 cm³/mol. The number of ether oxygens (including phenoxy) is 2. The molecule has 5 heteroatoms. The number of para-hydroxylation sites is 1. The molecule has 142 valence electrons. The van der Waals surface area contributed by atoms with Crippen molar-refractivity contribution in [2.24, 2.45) is 0 Å². The Balaban J connectivity index is 1.54. The van der Waals surface area contributed by atoms with Crippen LogP contribution in [0.5, 0.6) is 5.88 Å². The smallest absolute Gasteiger partial charge is 0.260 e. The van der Waals surface area contributed by atoms with E-state index in [0.29, 0.717) is 31.2 Å². The predicted octanol–water partition coefficient (Wildman–Crippen LogP) is 4.10. The number of carbonyl (C=O) groups excluding carboxylic acids is 1. The van der Waals surface area contributed by atoms with Gasteiger partial charge in [-0.25, -0.2) is 4.98 Å². The number of hydrogen-bond acceptors (Lipinski definition) is 4. The molecular formula is C23H22N2O3. The van der Waals surface area contributed by atoms with Crippen LogP contribution < -0.4 is 9.64 Å². The van der Waals surface area contributed by atoms with Gasteiger partial charge in [-0.3, -0.25) is 4.79 Å². The molecule has 1 unspecified atom stereocenters. The zero-order valence-electron chi connectivity index (χ0n) is 15.5. The summed E-state index contributed by atoms with van der Waals surface area (Å²) in [6, 6.07) is 23.1. The molecule has 2 heterocycles. The van der Waals surface area contributed by atoms with Crippen molar-refractivity contribution < 1.29 is 14.3 Å². The van der Waals surface area contributed by atoms with E-state index >= 15 is 0 Å². The molecule has 0 spiro atoms. The van der Waals surface area contributed by atoms with Crippen molar-refractivity contribution in [2.75, 3.05) is 18.1 Å². The minimum Gasteiger partial charge on any atom is -0.472 e. The van der Waals surface area contributed by atoms with Crippen molar-refractivity contribution in [3.63, 3.8) is 0 Å². The van der Waals surface area contributed by atoms with Crippen LogP contribution in [0.2, 0.25) is 0 Å². The van der Waals surface area contributed by atoms with Crippen LogP contribution in [-0.4, -0.2) is 30.2 Å². The van der Waals surface area contributed by atoms with E-state index in [1.807, 2.05) is 60.7 Å². The van der Waals surface area contributed by atoms with Crippen LogP contribution in [0.3, 0.4) is 0 Å². The van der Waals surface area contributed by atoms with Gasteiger partial charge in [0.2, 0.25) is 5.88 Å². The van der Waals surface area contributed by atoms with Gasteiger partial charge >= 0.3 is 0 Å². The van der Waals surface area contributed by atoms with Crippen molar-refractivity contribution in [3.8, 4) is 5.88 Å². The molecule has 1 aromatic heterocycles. The summed E-state index contributed by atoms with van der Waals surface area (Å²) in [5.41, 5.74) is 2.43. The van der Waals surface area contributed by atoms with E-state index in [0.717, 1.165) is 17.7 Å². The van der Waals surface area contributed by atoms with Gasteiger partial charge in [0.05, 0.1) is 25.3 Å². The topological polar surface area (TPSA) is 51.7 Å². The van der Waals surface area contributed by atoms with Gasteiger partial charge < -0.3 is 14.4 Å². The Hall–Kier alpha value is -3.18. The highest BCUT2D eigenvalue weighted by atomic mass is 16.5. The highest BCUT2D eigenvalue weighted by Crippen LogP contribution is 2.21. The Kier molecular flexibility index (Phi) is 5.64. The molecule has 0 bridgehead atoms. The maximum atomic E-state index is 13.2. The lowest BCUT2D eigenvalue weighted by Gasteiger charge is -2.23. The molecule has 1 aliphatic heterocycles. The van der Waals surface area contributed by atoms with Gasteiger partial charge in [-0.05, 0) is 23.8 Å². The Morgan fingerprint density at radius 2 is 1.79 bits per heavy atom. The summed E-state index contributed by atoms with van der Waals surface area (Å²) in [6.45, 7) is 1.79. The zero-order valence-corrected chi connectivity index (χ0v) is 15.5. The third-order valence-corrected chi connectivity index (χ3v) is 4.66. The van der Waals surface area contributed by atoms with Crippen LogP contribution in [0.4, 0.5) is 5.69 Å². The second-order valence-corrected chi connectivity index (χ2v) is 6.70. The molecule has 0 N–H and O–H groups in total. The fourth-order valence-electron chi connectivity index (χ4n) is 3.16. The summed E-state index contributed by atoms with van der Waals surface area (Å²) >= 11 is 0. The number of carbonyl (C=O) groups is 1. The third-order valence-electron chi connectivity index (χ3n) is 4.66. The molecule has 3 aromatic rings. The van der Waals surface area contributed by atoms with Crippen molar-refractivity contribution in [3.05, 3.63) is 90.1 Å². The quantitative estimate of drug-likeness (QED) is 0.652. The van der Waals surface area contributed by atoms with E-state index in [9.17, 15) is 4.79 Å². The summed E-state index contributed by atoms with van der Waals surface area (Å²) in [4.78, 5) is 19.3. The number of nitrogens with zero attached hydrogens (tertiary/aromatic N) is 2. The van der Waals surface area contributed by atoms with Crippen LogP contribution in [0, 0.1) is 0 Å². The van der Waals surface area contributed by atoms with Gasteiger partial charge in [0.25, 0.3) is 5.91 Å². The first kappa shape index (κ1) is 18.2. The van der Waals surface area contributed by atoms with E-state index in [4.69, 9.17) is 9.47 Å². The molecule has 1 amide bonds. The van der Waals surface area contributed by atoms with Gasteiger partial charge in [0.15, 0.2) is 0 Å². The van der Waals surface area contributed by atoms with Crippen LogP contribution in [0.1, 0.15) is 22.3 Å². The lowest BCUT2D eigenvalue weighted by Crippen LogP contribution is -2.30. The molecule has 4 rings (SSSR count). The Morgan fingerprint density at radius 1 is 1.04 bits per heavy atom. The molecule has 1 saturated heterocycles. The maximum absolute atomic E-state index is 13.2. The fraction of sp³-hybridized carbons (Fsp3) is 0.217. The molecular weight excluding hydrogens is 352 g/mol. The van der Waals surface area contributed by atoms with Gasteiger partial charge in [-0.2, -0.15) is 0 Å². The van der Waals surface area contributed by atoms with Crippen molar-refractivity contribution in [1.82, 2.24) is 4.98 Å². The third kappa shape index (κ3) is 4.38. The van der Waals surface area contributed by atoms with Gasteiger partial charge in [-0.1, -0.05) is 48.5 Å². The molecule has 0 saturated carbocycles. The summed E-state index contributed by atoms with van der Waals surface area (Å²) in [5.74, 6) is 0.416. The molecule has 5 nitrogen and oxygen atoms in total. The molecule has 2 aromatic carbocycles. The summed E-state index contributed by atoms with van der Waals surface area (Å²) in [5, 5.41) is 0. The van der Waals surface area contributed by atoms with E-state index in [2.05, 4.69) is 4.98 Å². The maximum Gasteiger partial charge on any atom is 0.260 e. The Morgan fingerprint density at radius 3 is 2.43 bits per heavy atom. The van der Waals surface area contributed by atoms with Gasteiger partial charge in [0, 0.05) is 24.4 Å². The molecule has 28 heavy (non-hydrogen) atoms. The second-order valence-electron chi connectivity index (χ2n) is 6.70. The Labute approximate surface area is 164 Å². The van der Waals surface area contributed by atoms with Crippen LogP contribution >= 0.6 is 0 Å². The SMILES string of the molecule is O=C(c1ccc(OC2CCOC2)nc1)N(Cc1ccccc1)c1ccccc1.